The number of epoxide rings is 1. The number of alkyl halides is 31. The van der Waals surface area contributed by atoms with E-state index in [0.717, 1.165) is 159 Å². The van der Waals surface area contributed by atoms with Crippen molar-refractivity contribution in [3.8, 4) is 56.3 Å². The number of carbonyl (C=O) groups excluding carboxylic acids is 2. The van der Waals surface area contributed by atoms with E-state index in [1.807, 2.05) is 0 Å². The van der Waals surface area contributed by atoms with E-state index in [9.17, 15) is 142 Å². The van der Waals surface area contributed by atoms with Gasteiger partial charge in [-0.25, -0.2) is 24.9 Å². The number of nitrogens with zero attached hydrogens (tertiary/aromatic N) is 5. The summed E-state index contributed by atoms with van der Waals surface area (Å²) in [5, 5.41) is 26.9. The number of ether oxygens (including phenoxy) is 7. The van der Waals surface area contributed by atoms with Crippen LogP contribution in [0.25, 0.3) is 56.3 Å². The molecule has 13 rings (SSSR count). The van der Waals surface area contributed by atoms with E-state index < -0.39 is 172 Å². The number of esters is 1. The molecule has 3 fully saturated rings. The van der Waals surface area contributed by atoms with Crippen molar-refractivity contribution >= 4 is 28.4 Å². The Morgan fingerprint density at radius 3 is 0.948 bits per heavy atom. The van der Waals surface area contributed by atoms with Crippen molar-refractivity contribution in [2.24, 2.45) is 0 Å². The van der Waals surface area contributed by atoms with Crippen molar-refractivity contribution < 1.29 is 299 Å². The maximum atomic E-state index is 13.3. The maximum absolute atomic E-state index is 13.3. The minimum atomic E-state index is -4.81. The molecule has 51 heteroatoms. The van der Waals surface area contributed by atoms with E-state index in [1.54, 1.807) is 6.92 Å². The molecule has 10 aromatic rings. The second kappa shape index (κ2) is 47.8. The number of methoxy groups -OCH3 is 1. The van der Waals surface area contributed by atoms with Crippen molar-refractivity contribution in [2.75, 3.05) is 40.1 Å². The molecular weight excluding hydrogens is 2010 g/mol. The summed E-state index contributed by atoms with van der Waals surface area (Å²) < 4.78 is 422. The first-order valence-electron chi connectivity index (χ1n) is 36.8. The molecule has 0 aliphatic carbocycles. The molecular formula is C84H66BrF30K2N5O13. The summed E-state index contributed by atoms with van der Waals surface area (Å²) in [5.41, 5.74) is -10.2. The molecule has 724 valence electrons. The average molecular weight is 2080 g/mol. The van der Waals surface area contributed by atoms with Gasteiger partial charge in [-0.05, 0) is 156 Å². The number of halogens is 31. The SMILES string of the molecule is C.CC(=O)OC[C@H](Br)c1cc(-c2ccc(C(F)(F)F)cc2)nc(C(F)(F)F)c1.CC1OC[C@H](c2cc(-c3ccc(C(F)(F)F)cc3)nc(C(F)(F)F)c2)O1.COC1(C)OC[C@H](c2cc(-c3ccc(C(F)(F)F)cc3)nc(C(F)(F)F)c2)O1.FC(F)(F)c1ccc(-c2cc([C@H]3CO3)cc(C(F)(F)F)n2)cc1.O=CO[O-].OC[C@@H](O)c1cc(-c2ccc(C(F)(F)F)cc2)nc(C(F)(F)F)c1.[H-].[K+].[K+]. The van der Waals surface area contributed by atoms with Gasteiger partial charge < -0.3 is 54.9 Å². The first-order chi connectivity index (χ1) is 60.9. The molecule has 135 heavy (non-hydrogen) atoms. The minimum Gasteiger partial charge on any atom is -1.00 e. The number of benzene rings is 5. The molecule has 5 aromatic carbocycles. The van der Waals surface area contributed by atoms with Crippen LogP contribution in [0.5, 0.6) is 0 Å². The van der Waals surface area contributed by atoms with Crippen LogP contribution in [0.2, 0.25) is 0 Å². The molecule has 2 unspecified atom stereocenters. The zero-order valence-corrected chi connectivity index (χ0v) is 76.6. The van der Waals surface area contributed by atoms with E-state index in [2.05, 4.69) is 45.7 Å². The fraction of sp³-hybridized carbons (Fsp3) is 0.321. The molecule has 2 N–H and O–H groups in total. The number of carbonyl (C=O) groups is 2. The third kappa shape index (κ3) is 34.8. The number of aliphatic hydroxyl groups excluding tert-OH is 2. The summed E-state index contributed by atoms with van der Waals surface area (Å²) in [6, 6.07) is 28.8. The van der Waals surface area contributed by atoms with Gasteiger partial charge in [-0.2, -0.15) is 132 Å². The van der Waals surface area contributed by atoms with Gasteiger partial charge in [0.1, 0.15) is 59.5 Å². The van der Waals surface area contributed by atoms with Crippen LogP contribution >= 0.6 is 15.9 Å². The second-order valence-electron chi connectivity index (χ2n) is 27.7. The van der Waals surface area contributed by atoms with Gasteiger partial charge in [-0.15, -0.1) is 0 Å². The van der Waals surface area contributed by atoms with Crippen LogP contribution in [0.3, 0.4) is 0 Å². The molecule has 0 spiro atoms. The molecule has 7 atom stereocenters. The predicted molar refractivity (Wildman–Crippen MR) is 407 cm³/mol. The first-order valence-corrected chi connectivity index (χ1v) is 37.7. The Labute approximate surface area is 838 Å². The Hall–Kier alpha value is -7.92. The van der Waals surface area contributed by atoms with Crippen LogP contribution in [-0.4, -0.2) is 100.0 Å². The van der Waals surface area contributed by atoms with Crippen LogP contribution in [0.4, 0.5) is 132 Å². The van der Waals surface area contributed by atoms with Crippen LogP contribution < -0.4 is 108 Å². The Balaban J connectivity index is 0.000000349. The number of aromatic nitrogens is 5. The third-order valence-corrected chi connectivity index (χ3v) is 18.9. The number of hydrogen-bond donors (Lipinski definition) is 2. The topological polar surface area (TPSA) is 239 Å². The van der Waals surface area contributed by atoms with Gasteiger partial charge >= 0.3 is 171 Å². The molecule has 5 aromatic heterocycles. The van der Waals surface area contributed by atoms with Gasteiger partial charge in [-0.3, -0.25) is 9.59 Å². The third-order valence-electron chi connectivity index (χ3n) is 18.1. The van der Waals surface area contributed by atoms with E-state index in [-0.39, 0.29) is 216 Å². The van der Waals surface area contributed by atoms with Crippen molar-refractivity contribution in [1.82, 2.24) is 24.9 Å². The molecule has 8 heterocycles. The smallest absolute Gasteiger partial charge is 1.00 e. The van der Waals surface area contributed by atoms with Gasteiger partial charge in [0, 0.05) is 48.8 Å². The van der Waals surface area contributed by atoms with Crippen molar-refractivity contribution in [2.45, 2.75) is 131 Å². The zero-order chi connectivity index (χ0) is 98.6. The van der Waals surface area contributed by atoms with E-state index in [1.165, 1.54) is 38.3 Å². The van der Waals surface area contributed by atoms with Gasteiger partial charge in [0.2, 0.25) is 0 Å². The van der Waals surface area contributed by atoms with Gasteiger partial charge in [0.05, 0.1) is 87.5 Å². The monoisotopic (exact) mass is 2080 g/mol. The summed E-state index contributed by atoms with van der Waals surface area (Å²) in [4.78, 5) is 38.9. The van der Waals surface area contributed by atoms with E-state index in [4.69, 9.17) is 48.3 Å². The van der Waals surface area contributed by atoms with Crippen LogP contribution in [0, 0.1) is 0 Å². The fourth-order valence-electron chi connectivity index (χ4n) is 11.5. The predicted octanol–water partition coefficient (Wildman–Crippen LogP) is 18.1. The summed E-state index contributed by atoms with van der Waals surface area (Å²) in [7, 11) is 1.32. The quantitative estimate of drug-likeness (QED) is 0.0142. The Kier molecular flexibility index (Phi) is 41.7. The number of hydrogen-bond acceptors (Lipinski definition) is 18. The van der Waals surface area contributed by atoms with Crippen LogP contribution in [0.15, 0.2) is 182 Å². The number of pyridine rings is 5. The fourth-order valence-corrected chi connectivity index (χ4v) is 11.9. The largest absolute Gasteiger partial charge is 1.00 e. The summed E-state index contributed by atoms with van der Waals surface area (Å²) in [6.45, 7) is 3.36. The number of aliphatic hydroxyl groups is 2. The van der Waals surface area contributed by atoms with Gasteiger partial charge in [0.15, 0.2) is 6.29 Å². The summed E-state index contributed by atoms with van der Waals surface area (Å²) in [6.07, 6.45) is -50.5. The Morgan fingerprint density at radius 1 is 0.444 bits per heavy atom. The van der Waals surface area contributed by atoms with Gasteiger partial charge in [0.25, 0.3) is 12.4 Å². The number of rotatable bonds is 15. The molecule has 0 amide bonds. The van der Waals surface area contributed by atoms with E-state index in [0.29, 0.717) is 18.2 Å². The van der Waals surface area contributed by atoms with Crippen LogP contribution in [-0.2, 0) is 109 Å². The molecule has 0 bridgehead atoms. The molecule has 0 saturated carbocycles. The van der Waals surface area contributed by atoms with Crippen molar-refractivity contribution in [1.29, 1.82) is 0 Å². The normalized spacial score (nSPS) is 17.3. The summed E-state index contributed by atoms with van der Waals surface area (Å²) >= 11 is 3.14. The van der Waals surface area contributed by atoms with Crippen molar-refractivity contribution in [3.63, 3.8) is 0 Å². The molecule has 3 aliphatic rings. The maximum Gasteiger partial charge on any atom is 1.00 e. The molecule has 18 nitrogen and oxygen atoms in total. The standard InChI is InChI=1S/C18H15F6NO3.C17H12BrF6NO2.C17H13F6NO2.C15H11F6NO2.C15H9F6NO.CH2O3.CH4.2K.H/c1-16(26-2)27-9-14(28-16)11-7-13(25-15(8-11)18(22,23)24)10-3-5-12(6-4-10)17(19,20)21;1-9(26)27-8-13(18)11-6-14(25-15(7-11)17(22,23)24)10-2-4-12(5-3-10)16(19,20)21;1-9-25-8-14(26-9)11-6-13(24-15(7-11)17(21,22)23)10-2-4-12(5-3-10)16(18,19)20;16-14(17,18)10-3-1-8(2-4-10)11-5-9(12(24)7-23)6-13(22-11)15(19,20)21;16-14(17,18)10-3-1-8(2-4-10)11-5-9(12-7-23-12)6-13(22-11)15(19,20)21;2-1-4-3;;;;/h3-8,14H,9H2,1-2H3;2-7,13H,8H2,1H3;2-7,9,14H,8H2,1H3;1-6,12,23-24H,7H2;1-6,12H,7H2;1,3H;1H4;;;/q;;;;;;;2*+1;-1/p-1/t14-,16?;13-;9?,14-;2*12-;;;;;/m10111...../s1. The minimum absolute atomic E-state index is 0. The molecule has 0 radical (unpaired) electrons. The summed E-state index contributed by atoms with van der Waals surface area (Å²) in [5.74, 6) is -2.01. The molecule has 3 saturated heterocycles. The van der Waals surface area contributed by atoms with Gasteiger partial charge in [-0.1, -0.05) is 84.0 Å². The Morgan fingerprint density at radius 2 is 0.711 bits per heavy atom. The van der Waals surface area contributed by atoms with Crippen LogP contribution in [0.1, 0.15) is 143 Å². The zero-order valence-electron chi connectivity index (χ0n) is 69.7. The Bertz CT molecular complexity index is 5550. The average Bonchev–Trinajstić information content (AvgIpc) is 1.35. The first kappa shape index (κ1) is 118. The second-order valence-corrected chi connectivity index (χ2v) is 28.8. The van der Waals surface area contributed by atoms with Crippen molar-refractivity contribution in [3.05, 3.63) is 266 Å². The van der Waals surface area contributed by atoms with E-state index >= 15 is 0 Å². The molecule has 3 aliphatic heterocycles.